The molecule has 2 heterocycles. The summed E-state index contributed by atoms with van der Waals surface area (Å²) in [5.74, 6) is 0.471. The summed E-state index contributed by atoms with van der Waals surface area (Å²) in [4.78, 5) is 29.9. The molecule has 1 aliphatic heterocycles. The van der Waals surface area contributed by atoms with Crippen LogP contribution in [0.2, 0.25) is 0 Å². The predicted octanol–water partition coefficient (Wildman–Crippen LogP) is 2.87. The van der Waals surface area contributed by atoms with Gasteiger partial charge >= 0.3 is 0 Å². The van der Waals surface area contributed by atoms with E-state index in [-0.39, 0.29) is 11.8 Å². The molecular weight excluding hydrogens is 346 g/mol. The SMILES string of the molecule is Cc1c(C(=O)N2CCN(C(=O)[C@@H](N)CC(C)C)CC2)sc2ccccc12. The molecule has 1 aromatic heterocycles. The number of fused-ring (bicyclic) bond motifs is 1. The molecule has 6 heteroatoms. The highest BCUT2D eigenvalue weighted by molar-refractivity contribution is 7.21. The minimum atomic E-state index is -0.443. The van der Waals surface area contributed by atoms with Crippen molar-refractivity contribution >= 4 is 33.2 Å². The summed E-state index contributed by atoms with van der Waals surface area (Å²) < 4.78 is 1.14. The molecule has 2 N–H and O–H groups in total. The number of aryl methyl sites for hydroxylation is 1. The summed E-state index contributed by atoms with van der Waals surface area (Å²) in [5.41, 5.74) is 7.08. The molecule has 0 saturated carbocycles. The van der Waals surface area contributed by atoms with E-state index in [9.17, 15) is 9.59 Å². The largest absolute Gasteiger partial charge is 0.338 e. The molecule has 0 spiro atoms. The maximum Gasteiger partial charge on any atom is 0.264 e. The van der Waals surface area contributed by atoms with Gasteiger partial charge in [-0.25, -0.2) is 0 Å². The monoisotopic (exact) mass is 373 g/mol. The van der Waals surface area contributed by atoms with Crippen LogP contribution >= 0.6 is 11.3 Å². The summed E-state index contributed by atoms with van der Waals surface area (Å²) in [6, 6.07) is 7.67. The third-order valence-corrected chi connectivity index (χ3v) is 6.22. The molecule has 5 nitrogen and oxygen atoms in total. The number of carbonyl (C=O) groups excluding carboxylic acids is 2. The van der Waals surface area contributed by atoms with Gasteiger partial charge in [0, 0.05) is 30.9 Å². The third-order valence-electron chi connectivity index (χ3n) is 4.96. The topological polar surface area (TPSA) is 66.6 Å². The molecule has 1 aromatic carbocycles. The lowest BCUT2D eigenvalue weighted by molar-refractivity contribution is -0.134. The van der Waals surface area contributed by atoms with Crippen LogP contribution < -0.4 is 5.73 Å². The number of amides is 2. The van der Waals surface area contributed by atoms with E-state index in [0.717, 1.165) is 20.5 Å². The first kappa shape index (κ1) is 18.9. The number of benzene rings is 1. The zero-order valence-electron chi connectivity index (χ0n) is 15.7. The first-order chi connectivity index (χ1) is 12.4. The lowest BCUT2D eigenvalue weighted by Crippen LogP contribution is -2.54. The minimum absolute atomic E-state index is 0.00356. The Kier molecular flexibility index (Phi) is 5.63. The highest BCUT2D eigenvalue weighted by Crippen LogP contribution is 2.31. The second-order valence-corrected chi connectivity index (χ2v) is 8.46. The third kappa shape index (κ3) is 3.76. The van der Waals surface area contributed by atoms with Gasteiger partial charge in [-0.1, -0.05) is 32.0 Å². The summed E-state index contributed by atoms with van der Waals surface area (Å²) in [5, 5.41) is 1.15. The quantitative estimate of drug-likeness (QED) is 0.896. The zero-order valence-corrected chi connectivity index (χ0v) is 16.5. The molecule has 0 radical (unpaired) electrons. The Balaban J connectivity index is 1.65. The number of piperazine rings is 1. The van der Waals surface area contributed by atoms with E-state index < -0.39 is 6.04 Å². The van der Waals surface area contributed by atoms with Gasteiger partial charge in [0.2, 0.25) is 5.91 Å². The van der Waals surface area contributed by atoms with Crippen molar-refractivity contribution in [2.24, 2.45) is 11.7 Å². The fourth-order valence-corrected chi connectivity index (χ4v) is 4.67. The molecule has 3 rings (SSSR count). The van der Waals surface area contributed by atoms with Crippen molar-refractivity contribution in [3.8, 4) is 0 Å². The van der Waals surface area contributed by atoms with Gasteiger partial charge in [-0.15, -0.1) is 11.3 Å². The molecule has 2 amide bonds. The summed E-state index contributed by atoms with van der Waals surface area (Å²) in [7, 11) is 0. The number of rotatable bonds is 4. The Morgan fingerprint density at radius 1 is 1.12 bits per heavy atom. The van der Waals surface area contributed by atoms with E-state index in [4.69, 9.17) is 5.73 Å². The van der Waals surface area contributed by atoms with Gasteiger partial charge < -0.3 is 15.5 Å². The summed E-state index contributed by atoms with van der Waals surface area (Å²) in [6.07, 6.45) is 0.693. The minimum Gasteiger partial charge on any atom is -0.338 e. The molecule has 2 aromatic rings. The van der Waals surface area contributed by atoms with Crippen molar-refractivity contribution in [3.63, 3.8) is 0 Å². The molecule has 0 unspecified atom stereocenters. The smallest absolute Gasteiger partial charge is 0.264 e. The van der Waals surface area contributed by atoms with Crippen LogP contribution in [0.25, 0.3) is 10.1 Å². The van der Waals surface area contributed by atoms with E-state index in [1.54, 1.807) is 16.2 Å². The van der Waals surface area contributed by atoms with E-state index in [1.165, 1.54) is 0 Å². The van der Waals surface area contributed by atoms with Crippen LogP contribution in [0.5, 0.6) is 0 Å². The molecular formula is C20H27N3O2S. The molecule has 1 fully saturated rings. The van der Waals surface area contributed by atoms with Gasteiger partial charge in [-0.3, -0.25) is 9.59 Å². The lowest BCUT2D eigenvalue weighted by Gasteiger charge is -2.36. The van der Waals surface area contributed by atoms with Gasteiger partial charge in [0.15, 0.2) is 0 Å². The Morgan fingerprint density at radius 2 is 1.73 bits per heavy atom. The van der Waals surface area contributed by atoms with E-state index >= 15 is 0 Å². The van der Waals surface area contributed by atoms with Crippen LogP contribution in [-0.2, 0) is 4.79 Å². The van der Waals surface area contributed by atoms with Crippen LogP contribution in [0, 0.1) is 12.8 Å². The van der Waals surface area contributed by atoms with Crippen LogP contribution in [0.3, 0.4) is 0 Å². The van der Waals surface area contributed by atoms with Crippen molar-refractivity contribution in [1.29, 1.82) is 0 Å². The molecule has 140 valence electrons. The second kappa shape index (κ2) is 7.76. The number of hydrogen-bond acceptors (Lipinski definition) is 4. The molecule has 0 aliphatic carbocycles. The average Bonchev–Trinajstić information content (AvgIpc) is 2.97. The predicted molar refractivity (Wildman–Crippen MR) is 106 cm³/mol. The number of hydrogen-bond donors (Lipinski definition) is 1. The molecule has 1 aliphatic rings. The molecule has 26 heavy (non-hydrogen) atoms. The second-order valence-electron chi connectivity index (χ2n) is 7.41. The number of nitrogens with zero attached hydrogens (tertiary/aromatic N) is 2. The van der Waals surface area contributed by atoms with Crippen LogP contribution in [0.4, 0.5) is 0 Å². The van der Waals surface area contributed by atoms with Gasteiger partial charge in [-0.2, -0.15) is 0 Å². The fourth-order valence-electron chi connectivity index (χ4n) is 3.50. The summed E-state index contributed by atoms with van der Waals surface area (Å²) >= 11 is 1.55. The van der Waals surface area contributed by atoms with Gasteiger partial charge in [0.05, 0.1) is 10.9 Å². The van der Waals surface area contributed by atoms with Gasteiger partial charge in [-0.05, 0) is 36.3 Å². The van der Waals surface area contributed by atoms with Crippen molar-refractivity contribution in [2.45, 2.75) is 33.2 Å². The summed E-state index contributed by atoms with van der Waals surface area (Å²) in [6.45, 7) is 8.38. The van der Waals surface area contributed by atoms with Crippen molar-refractivity contribution in [3.05, 3.63) is 34.7 Å². The van der Waals surface area contributed by atoms with E-state index in [2.05, 4.69) is 26.0 Å². The van der Waals surface area contributed by atoms with E-state index in [0.29, 0.717) is 38.5 Å². The van der Waals surface area contributed by atoms with Gasteiger partial charge in [0.25, 0.3) is 5.91 Å². The average molecular weight is 374 g/mol. The Labute approximate surface area is 158 Å². The van der Waals surface area contributed by atoms with Gasteiger partial charge in [0.1, 0.15) is 0 Å². The number of carbonyl (C=O) groups is 2. The standard InChI is InChI=1S/C20H27N3O2S/c1-13(2)12-16(21)19(24)22-8-10-23(11-9-22)20(25)18-14(3)15-6-4-5-7-17(15)26-18/h4-7,13,16H,8-12,21H2,1-3H3/t16-/m0/s1. The zero-order chi connectivity index (χ0) is 18.8. The van der Waals surface area contributed by atoms with E-state index in [1.807, 2.05) is 24.0 Å². The Bertz CT molecular complexity index is 806. The van der Waals surface area contributed by atoms with Crippen LogP contribution in [0.15, 0.2) is 24.3 Å². The number of nitrogens with two attached hydrogens (primary N) is 1. The molecule has 0 bridgehead atoms. The maximum atomic E-state index is 13.0. The highest BCUT2D eigenvalue weighted by atomic mass is 32.1. The molecule has 1 atom stereocenters. The Hall–Kier alpha value is -1.92. The first-order valence-electron chi connectivity index (χ1n) is 9.20. The lowest BCUT2D eigenvalue weighted by atomic mass is 10.0. The fraction of sp³-hybridized carbons (Fsp3) is 0.500. The van der Waals surface area contributed by atoms with Crippen molar-refractivity contribution in [1.82, 2.24) is 9.80 Å². The first-order valence-corrected chi connectivity index (χ1v) is 10.0. The van der Waals surface area contributed by atoms with Crippen LogP contribution in [-0.4, -0.2) is 53.8 Å². The van der Waals surface area contributed by atoms with Crippen molar-refractivity contribution < 1.29 is 9.59 Å². The highest BCUT2D eigenvalue weighted by Gasteiger charge is 2.29. The van der Waals surface area contributed by atoms with Crippen LogP contribution in [0.1, 0.15) is 35.5 Å². The Morgan fingerprint density at radius 3 is 2.35 bits per heavy atom. The van der Waals surface area contributed by atoms with Crippen molar-refractivity contribution in [2.75, 3.05) is 26.2 Å². The maximum absolute atomic E-state index is 13.0. The number of thiophene rings is 1. The molecule has 1 saturated heterocycles. The normalized spacial score (nSPS) is 16.3.